The van der Waals surface area contributed by atoms with Gasteiger partial charge in [0.25, 0.3) is 11.5 Å². The van der Waals surface area contributed by atoms with Crippen LogP contribution in [0.3, 0.4) is 0 Å². The number of carbonyl (C=O) groups excluding carboxylic acids is 2. The van der Waals surface area contributed by atoms with Gasteiger partial charge in [-0.25, -0.2) is 0 Å². The molecule has 1 heterocycles. The molecule has 1 aromatic heterocycles. The number of benzene rings is 2. The molecule has 0 aliphatic carbocycles. The van der Waals surface area contributed by atoms with E-state index in [9.17, 15) is 14.4 Å². The lowest BCUT2D eigenvalue weighted by Crippen LogP contribution is -2.29. The van der Waals surface area contributed by atoms with E-state index in [0.29, 0.717) is 11.2 Å². The van der Waals surface area contributed by atoms with Gasteiger partial charge in [-0.1, -0.05) is 30.3 Å². The fourth-order valence-corrected chi connectivity index (χ4v) is 2.84. The number of hydrogen-bond donors (Lipinski definition) is 3. The Balaban J connectivity index is 1.68. The van der Waals surface area contributed by atoms with Gasteiger partial charge in [0.1, 0.15) is 5.56 Å². The summed E-state index contributed by atoms with van der Waals surface area (Å²) < 4.78 is 0. The van der Waals surface area contributed by atoms with Crippen molar-refractivity contribution in [3.05, 3.63) is 76.1 Å². The summed E-state index contributed by atoms with van der Waals surface area (Å²) in [5.74, 6) is -0.567. The quantitative estimate of drug-likeness (QED) is 0.611. The number of likely N-dealkylation sites (N-methyl/N-ethyl adjacent to an activating group) is 1. The van der Waals surface area contributed by atoms with Crippen molar-refractivity contribution in [2.45, 2.75) is 6.54 Å². The first-order valence-corrected chi connectivity index (χ1v) is 8.86. The van der Waals surface area contributed by atoms with Gasteiger partial charge in [-0.05, 0) is 49.3 Å². The monoisotopic (exact) mass is 378 g/mol. The van der Waals surface area contributed by atoms with E-state index in [2.05, 4.69) is 15.6 Å². The zero-order valence-corrected chi connectivity index (χ0v) is 15.8. The summed E-state index contributed by atoms with van der Waals surface area (Å²) in [5.41, 5.74) is 1.79. The van der Waals surface area contributed by atoms with Crippen LogP contribution in [0.25, 0.3) is 10.9 Å². The number of nitrogens with one attached hydrogen (secondary N) is 3. The average Bonchev–Trinajstić information content (AvgIpc) is 2.65. The minimum atomic E-state index is -0.450. The molecular formula is C21H22N4O3. The molecular weight excluding hydrogens is 356 g/mol. The lowest BCUT2D eigenvalue weighted by molar-refractivity contribution is -0.116. The van der Waals surface area contributed by atoms with Gasteiger partial charge in [0.05, 0.1) is 6.54 Å². The van der Waals surface area contributed by atoms with Crippen molar-refractivity contribution >= 4 is 28.4 Å². The average molecular weight is 378 g/mol. The van der Waals surface area contributed by atoms with E-state index in [1.54, 1.807) is 35.2 Å². The van der Waals surface area contributed by atoms with E-state index in [1.165, 1.54) is 0 Å². The fourth-order valence-electron chi connectivity index (χ4n) is 2.84. The van der Waals surface area contributed by atoms with Crippen LogP contribution in [0.1, 0.15) is 15.9 Å². The number of amides is 2. The first-order valence-electron chi connectivity index (χ1n) is 8.86. The minimum absolute atomic E-state index is 0.0640. The molecule has 0 spiro atoms. The lowest BCUT2D eigenvalue weighted by atomic mass is 10.1. The van der Waals surface area contributed by atoms with Crippen LogP contribution >= 0.6 is 0 Å². The Morgan fingerprint density at radius 3 is 2.61 bits per heavy atom. The largest absolute Gasteiger partial charge is 0.348 e. The Hall–Kier alpha value is -3.45. The highest BCUT2D eigenvalue weighted by molar-refractivity contribution is 5.97. The van der Waals surface area contributed by atoms with Crippen LogP contribution in [0.5, 0.6) is 0 Å². The van der Waals surface area contributed by atoms with Gasteiger partial charge >= 0.3 is 0 Å². The van der Waals surface area contributed by atoms with Crippen molar-refractivity contribution in [3.8, 4) is 0 Å². The highest BCUT2D eigenvalue weighted by Crippen LogP contribution is 2.12. The molecule has 7 heteroatoms. The van der Waals surface area contributed by atoms with E-state index >= 15 is 0 Å². The molecule has 2 aromatic carbocycles. The maximum Gasteiger partial charge on any atom is 0.261 e. The Kier molecular flexibility index (Phi) is 5.86. The van der Waals surface area contributed by atoms with Crippen molar-refractivity contribution in [1.29, 1.82) is 0 Å². The molecule has 144 valence electrons. The van der Waals surface area contributed by atoms with Gasteiger partial charge in [-0.15, -0.1) is 0 Å². The molecule has 28 heavy (non-hydrogen) atoms. The number of aromatic nitrogens is 1. The molecule has 0 aliphatic heterocycles. The number of aromatic amines is 1. The Morgan fingerprint density at radius 1 is 1.04 bits per heavy atom. The third-order valence-electron chi connectivity index (χ3n) is 4.12. The predicted molar refractivity (Wildman–Crippen MR) is 109 cm³/mol. The molecule has 2 amide bonds. The number of nitrogens with zero attached hydrogens (tertiary/aromatic N) is 1. The highest BCUT2D eigenvalue weighted by atomic mass is 16.2. The van der Waals surface area contributed by atoms with Crippen molar-refractivity contribution in [2.24, 2.45) is 0 Å². The number of para-hydroxylation sites is 1. The summed E-state index contributed by atoms with van der Waals surface area (Å²) in [7, 11) is 3.64. The van der Waals surface area contributed by atoms with Crippen molar-refractivity contribution in [2.75, 3.05) is 26.0 Å². The van der Waals surface area contributed by atoms with Gasteiger partial charge in [0.15, 0.2) is 0 Å². The van der Waals surface area contributed by atoms with E-state index in [-0.39, 0.29) is 24.6 Å². The molecule has 7 nitrogen and oxygen atoms in total. The standard InChI is InChI=1S/C21H22N4O3/c1-25(2)13-19(26)23-16-8-5-6-14(10-16)12-22-20(27)17-11-15-7-3-4-9-18(15)24-21(17)28/h3-11H,12-13H2,1-2H3,(H,22,27)(H,23,26)(H,24,28). The molecule has 0 unspecified atom stereocenters. The second kappa shape index (κ2) is 8.49. The number of fused-ring (bicyclic) bond motifs is 1. The van der Waals surface area contributed by atoms with E-state index < -0.39 is 11.5 Å². The number of H-pyrrole nitrogens is 1. The predicted octanol–water partition coefficient (Wildman–Crippen LogP) is 1.96. The second-order valence-corrected chi connectivity index (χ2v) is 6.77. The highest BCUT2D eigenvalue weighted by Gasteiger charge is 2.12. The summed E-state index contributed by atoms with van der Waals surface area (Å²) in [6, 6.07) is 16.1. The number of pyridine rings is 1. The Labute approximate surface area is 162 Å². The number of carbonyl (C=O) groups is 2. The third-order valence-corrected chi connectivity index (χ3v) is 4.12. The molecule has 3 aromatic rings. The zero-order chi connectivity index (χ0) is 20.1. The van der Waals surface area contributed by atoms with Crippen LogP contribution in [-0.2, 0) is 11.3 Å². The van der Waals surface area contributed by atoms with Crippen LogP contribution in [0.4, 0.5) is 5.69 Å². The summed E-state index contributed by atoms with van der Waals surface area (Å²) in [6.45, 7) is 0.522. The molecule has 0 saturated heterocycles. The lowest BCUT2D eigenvalue weighted by Gasteiger charge is -2.11. The third kappa shape index (κ3) is 4.83. The van der Waals surface area contributed by atoms with Gasteiger partial charge in [-0.3, -0.25) is 14.4 Å². The molecule has 3 N–H and O–H groups in total. The molecule has 0 fully saturated rings. The zero-order valence-electron chi connectivity index (χ0n) is 15.8. The fraction of sp³-hybridized carbons (Fsp3) is 0.190. The second-order valence-electron chi connectivity index (χ2n) is 6.77. The van der Waals surface area contributed by atoms with Crippen LogP contribution in [-0.4, -0.2) is 42.3 Å². The van der Waals surface area contributed by atoms with Crippen LogP contribution in [0.2, 0.25) is 0 Å². The summed E-state index contributed by atoms with van der Waals surface area (Å²) >= 11 is 0. The van der Waals surface area contributed by atoms with Crippen LogP contribution in [0, 0.1) is 0 Å². The molecule has 0 saturated carbocycles. The van der Waals surface area contributed by atoms with Crippen LogP contribution in [0.15, 0.2) is 59.4 Å². The van der Waals surface area contributed by atoms with Gasteiger partial charge in [-0.2, -0.15) is 0 Å². The SMILES string of the molecule is CN(C)CC(=O)Nc1cccc(CNC(=O)c2cc3ccccc3[nH]c2=O)c1. The van der Waals surface area contributed by atoms with Gasteiger partial charge in [0, 0.05) is 17.7 Å². The van der Waals surface area contributed by atoms with Gasteiger partial charge < -0.3 is 20.5 Å². The van der Waals surface area contributed by atoms with E-state index in [0.717, 1.165) is 10.9 Å². The first kappa shape index (κ1) is 19.3. The Morgan fingerprint density at radius 2 is 1.82 bits per heavy atom. The summed E-state index contributed by atoms with van der Waals surface area (Å²) in [4.78, 5) is 41.0. The summed E-state index contributed by atoms with van der Waals surface area (Å²) in [6.07, 6.45) is 0. The van der Waals surface area contributed by atoms with Crippen molar-refractivity contribution in [1.82, 2.24) is 15.2 Å². The Bertz CT molecular complexity index is 1070. The van der Waals surface area contributed by atoms with Crippen molar-refractivity contribution in [3.63, 3.8) is 0 Å². The van der Waals surface area contributed by atoms with E-state index in [4.69, 9.17) is 0 Å². The molecule has 0 radical (unpaired) electrons. The molecule has 0 aliphatic rings. The number of rotatable bonds is 6. The van der Waals surface area contributed by atoms with Crippen LogP contribution < -0.4 is 16.2 Å². The molecule has 0 atom stereocenters. The summed E-state index contributed by atoms with van der Waals surface area (Å²) in [5, 5.41) is 6.36. The van der Waals surface area contributed by atoms with E-state index in [1.807, 2.05) is 38.4 Å². The maximum atomic E-state index is 12.5. The smallest absolute Gasteiger partial charge is 0.261 e. The molecule has 0 bridgehead atoms. The van der Waals surface area contributed by atoms with Crippen molar-refractivity contribution < 1.29 is 9.59 Å². The maximum absolute atomic E-state index is 12.5. The topological polar surface area (TPSA) is 94.3 Å². The number of anilines is 1. The minimum Gasteiger partial charge on any atom is -0.348 e. The normalized spacial score (nSPS) is 10.8. The van der Waals surface area contributed by atoms with Gasteiger partial charge in [0.2, 0.25) is 5.91 Å². The first-order chi connectivity index (χ1) is 13.4. The number of hydrogen-bond acceptors (Lipinski definition) is 4. The molecule has 3 rings (SSSR count).